The summed E-state index contributed by atoms with van der Waals surface area (Å²) in [7, 11) is 2.15. The van der Waals surface area contributed by atoms with E-state index < -0.39 is 0 Å². The molecule has 0 aliphatic heterocycles. The first-order valence-electron chi connectivity index (χ1n) is 7.32. The van der Waals surface area contributed by atoms with Crippen molar-refractivity contribution in [1.82, 2.24) is 9.88 Å². The fourth-order valence-electron chi connectivity index (χ4n) is 3.53. The molecule has 1 N–H and O–H groups in total. The minimum Gasteiger partial charge on any atom is -0.396 e. The molecule has 1 fully saturated rings. The van der Waals surface area contributed by atoms with E-state index in [4.69, 9.17) is 0 Å². The Balaban J connectivity index is 1.94. The predicted octanol–water partition coefficient (Wildman–Crippen LogP) is 2.70. The van der Waals surface area contributed by atoms with E-state index in [9.17, 15) is 5.11 Å². The molecule has 2 rings (SSSR count). The highest BCUT2D eigenvalue weighted by Crippen LogP contribution is 2.39. The van der Waals surface area contributed by atoms with Crippen LogP contribution in [0.15, 0.2) is 24.5 Å². The molecule has 1 heterocycles. The summed E-state index contributed by atoms with van der Waals surface area (Å²) in [6, 6.07) is 4.12. The minimum absolute atomic E-state index is 0.111. The summed E-state index contributed by atoms with van der Waals surface area (Å²) < 4.78 is 0. The Morgan fingerprint density at radius 1 is 1.42 bits per heavy atom. The summed E-state index contributed by atoms with van der Waals surface area (Å²) in [4.78, 5) is 6.39. The molecule has 2 unspecified atom stereocenters. The van der Waals surface area contributed by atoms with Crippen molar-refractivity contribution in [1.29, 1.82) is 0 Å². The third-order valence-electron chi connectivity index (χ3n) is 4.33. The predicted molar refractivity (Wildman–Crippen MR) is 77.7 cm³/mol. The van der Waals surface area contributed by atoms with Crippen LogP contribution in [-0.4, -0.2) is 35.2 Å². The molecule has 19 heavy (non-hydrogen) atoms. The lowest BCUT2D eigenvalue weighted by atomic mass is 9.70. The van der Waals surface area contributed by atoms with Gasteiger partial charge in [0.2, 0.25) is 0 Å². The van der Waals surface area contributed by atoms with Crippen molar-refractivity contribution < 1.29 is 5.11 Å². The van der Waals surface area contributed by atoms with Crippen LogP contribution in [0.25, 0.3) is 0 Å². The number of aliphatic hydroxyl groups is 1. The van der Waals surface area contributed by atoms with E-state index in [1.54, 1.807) is 0 Å². The van der Waals surface area contributed by atoms with Gasteiger partial charge in [-0.1, -0.05) is 19.8 Å². The van der Waals surface area contributed by atoms with Crippen LogP contribution in [0.1, 0.15) is 38.2 Å². The largest absolute Gasteiger partial charge is 0.396 e. The Kier molecular flexibility index (Phi) is 4.94. The van der Waals surface area contributed by atoms with Gasteiger partial charge < -0.3 is 10.0 Å². The van der Waals surface area contributed by atoms with E-state index in [0.29, 0.717) is 6.61 Å². The van der Waals surface area contributed by atoms with Gasteiger partial charge in [-0.3, -0.25) is 4.98 Å². The van der Waals surface area contributed by atoms with Crippen LogP contribution in [0.2, 0.25) is 0 Å². The zero-order chi connectivity index (χ0) is 13.7. The van der Waals surface area contributed by atoms with E-state index >= 15 is 0 Å². The van der Waals surface area contributed by atoms with Gasteiger partial charge in [0, 0.05) is 37.5 Å². The molecular weight excluding hydrogens is 236 g/mol. The standard InChI is InChI=1S/C16H26N2O/c1-14-4-3-7-16(10-14,13-19)12-18(2)11-15-5-8-17-9-6-15/h5-6,8-9,14,19H,3-4,7,10-13H2,1-2H3. The summed E-state index contributed by atoms with van der Waals surface area (Å²) in [6.45, 7) is 4.54. The Hall–Kier alpha value is -0.930. The van der Waals surface area contributed by atoms with Crippen LogP contribution in [0, 0.1) is 11.3 Å². The van der Waals surface area contributed by atoms with Crippen molar-refractivity contribution in [3.63, 3.8) is 0 Å². The average Bonchev–Trinajstić information content (AvgIpc) is 2.39. The number of pyridine rings is 1. The first kappa shape index (κ1) is 14.5. The Morgan fingerprint density at radius 2 is 2.16 bits per heavy atom. The molecule has 0 spiro atoms. The van der Waals surface area contributed by atoms with Crippen molar-refractivity contribution in [3.8, 4) is 0 Å². The molecule has 1 aliphatic rings. The molecule has 0 aromatic carbocycles. The maximum Gasteiger partial charge on any atom is 0.0499 e. The van der Waals surface area contributed by atoms with Gasteiger partial charge in [0.25, 0.3) is 0 Å². The van der Waals surface area contributed by atoms with Gasteiger partial charge in [-0.25, -0.2) is 0 Å². The highest BCUT2D eigenvalue weighted by Gasteiger charge is 2.35. The highest BCUT2D eigenvalue weighted by atomic mass is 16.3. The summed E-state index contributed by atoms with van der Waals surface area (Å²) in [5, 5.41) is 9.84. The minimum atomic E-state index is 0.111. The van der Waals surface area contributed by atoms with E-state index in [-0.39, 0.29) is 5.41 Å². The molecule has 3 heteroatoms. The molecule has 0 amide bonds. The topological polar surface area (TPSA) is 36.4 Å². The summed E-state index contributed by atoms with van der Waals surface area (Å²) >= 11 is 0. The van der Waals surface area contributed by atoms with Gasteiger partial charge >= 0.3 is 0 Å². The molecule has 1 aromatic rings. The van der Waals surface area contributed by atoms with Crippen LogP contribution in [0.5, 0.6) is 0 Å². The van der Waals surface area contributed by atoms with Gasteiger partial charge in [-0.05, 0) is 43.5 Å². The lowest BCUT2D eigenvalue weighted by Gasteiger charge is -2.41. The number of rotatable bonds is 5. The van der Waals surface area contributed by atoms with Gasteiger partial charge in [0.05, 0.1) is 0 Å². The number of hydrogen-bond donors (Lipinski definition) is 1. The number of aliphatic hydroxyl groups excluding tert-OH is 1. The van der Waals surface area contributed by atoms with Crippen LogP contribution in [-0.2, 0) is 6.54 Å². The van der Waals surface area contributed by atoms with Crippen molar-refractivity contribution in [3.05, 3.63) is 30.1 Å². The van der Waals surface area contributed by atoms with Crippen LogP contribution < -0.4 is 0 Å². The third kappa shape index (κ3) is 4.02. The first-order valence-corrected chi connectivity index (χ1v) is 7.32. The van der Waals surface area contributed by atoms with Crippen molar-refractivity contribution >= 4 is 0 Å². The molecule has 2 atom stereocenters. The normalized spacial score (nSPS) is 27.7. The summed E-state index contributed by atoms with van der Waals surface area (Å²) in [6.07, 6.45) is 8.57. The molecule has 106 valence electrons. The van der Waals surface area contributed by atoms with Crippen LogP contribution in [0.4, 0.5) is 0 Å². The highest BCUT2D eigenvalue weighted by molar-refractivity contribution is 5.09. The second-order valence-electron chi connectivity index (χ2n) is 6.39. The maximum absolute atomic E-state index is 9.84. The monoisotopic (exact) mass is 262 g/mol. The molecule has 1 saturated carbocycles. The zero-order valence-corrected chi connectivity index (χ0v) is 12.2. The fraction of sp³-hybridized carbons (Fsp3) is 0.688. The molecular formula is C16H26N2O. The molecule has 3 nitrogen and oxygen atoms in total. The fourth-order valence-corrected chi connectivity index (χ4v) is 3.53. The third-order valence-corrected chi connectivity index (χ3v) is 4.33. The molecule has 0 saturated heterocycles. The Morgan fingerprint density at radius 3 is 2.79 bits per heavy atom. The Labute approximate surface area is 116 Å². The average molecular weight is 262 g/mol. The SMILES string of the molecule is CC1CCCC(CO)(CN(C)Cc2ccncc2)C1. The molecule has 0 radical (unpaired) electrons. The molecule has 1 aliphatic carbocycles. The van der Waals surface area contributed by atoms with Gasteiger partial charge in [-0.15, -0.1) is 0 Å². The number of hydrogen-bond acceptors (Lipinski definition) is 3. The number of aromatic nitrogens is 1. The van der Waals surface area contributed by atoms with E-state index in [1.807, 2.05) is 12.4 Å². The molecule has 1 aromatic heterocycles. The lowest BCUT2D eigenvalue weighted by Crippen LogP contribution is -2.41. The number of nitrogens with zero attached hydrogens (tertiary/aromatic N) is 2. The van der Waals surface area contributed by atoms with Crippen LogP contribution in [0.3, 0.4) is 0 Å². The van der Waals surface area contributed by atoms with Crippen molar-refractivity contribution in [2.24, 2.45) is 11.3 Å². The van der Waals surface area contributed by atoms with Crippen molar-refractivity contribution in [2.45, 2.75) is 39.2 Å². The van der Waals surface area contributed by atoms with Crippen LogP contribution >= 0.6 is 0 Å². The first-order chi connectivity index (χ1) is 9.13. The summed E-state index contributed by atoms with van der Waals surface area (Å²) in [5.74, 6) is 0.746. The molecule has 0 bridgehead atoms. The summed E-state index contributed by atoms with van der Waals surface area (Å²) in [5.41, 5.74) is 1.40. The van der Waals surface area contributed by atoms with Crippen molar-refractivity contribution in [2.75, 3.05) is 20.2 Å². The zero-order valence-electron chi connectivity index (χ0n) is 12.2. The van der Waals surface area contributed by atoms with Gasteiger partial charge in [0.1, 0.15) is 0 Å². The second kappa shape index (κ2) is 6.49. The van der Waals surface area contributed by atoms with E-state index in [2.05, 4.69) is 36.0 Å². The van der Waals surface area contributed by atoms with Gasteiger partial charge in [-0.2, -0.15) is 0 Å². The lowest BCUT2D eigenvalue weighted by molar-refractivity contribution is 0.0290. The van der Waals surface area contributed by atoms with E-state index in [1.165, 1.54) is 18.4 Å². The quantitative estimate of drug-likeness (QED) is 0.886. The smallest absolute Gasteiger partial charge is 0.0499 e. The Bertz CT molecular complexity index is 382. The second-order valence-corrected chi connectivity index (χ2v) is 6.39. The maximum atomic E-state index is 9.84. The van der Waals surface area contributed by atoms with E-state index in [0.717, 1.165) is 31.8 Å². The van der Waals surface area contributed by atoms with Gasteiger partial charge in [0.15, 0.2) is 0 Å².